The largest absolute Gasteiger partial charge is 0.369 e. The molecule has 1 saturated heterocycles. The summed E-state index contributed by atoms with van der Waals surface area (Å²) in [4.78, 5) is 21.6. The van der Waals surface area contributed by atoms with Gasteiger partial charge in [-0.3, -0.25) is 9.69 Å². The summed E-state index contributed by atoms with van der Waals surface area (Å²) in [7, 11) is 0. The minimum Gasteiger partial charge on any atom is -0.369 e. The Balaban J connectivity index is 1.22. The molecule has 0 atom stereocenters. The molecule has 0 spiro atoms. The average Bonchev–Trinajstić information content (AvgIpc) is 3.52. The van der Waals surface area contributed by atoms with Crippen LogP contribution in [0.5, 0.6) is 0 Å². The SMILES string of the molecule is CC(C)N1CCN(c2ccc(Nc3ncc(-c4ccc5c(c4)CNC5=O)n4nccc34)cc2)CC1. The second-order valence-corrected chi connectivity index (χ2v) is 9.46. The molecule has 8 nitrogen and oxygen atoms in total. The minimum atomic E-state index is -0.0164. The van der Waals surface area contributed by atoms with Crippen LogP contribution >= 0.6 is 0 Å². The van der Waals surface area contributed by atoms with Crippen LogP contribution in [0.25, 0.3) is 16.8 Å². The summed E-state index contributed by atoms with van der Waals surface area (Å²) < 4.78 is 1.89. The molecule has 178 valence electrons. The highest BCUT2D eigenvalue weighted by atomic mass is 16.1. The maximum Gasteiger partial charge on any atom is 0.251 e. The lowest BCUT2D eigenvalue weighted by Gasteiger charge is -2.38. The van der Waals surface area contributed by atoms with Gasteiger partial charge in [-0.1, -0.05) is 6.07 Å². The molecule has 0 radical (unpaired) electrons. The summed E-state index contributed by atoms with van der Waals surface area (Å²) in [6.07, 6.45) is 3.61. The molecular weight excluding hydrogens is 438 g/mol. The van der Waals surface area contributed by atoms with Crippen molar-refractivity contribution in [1.82, 2.24) is 24.8 Å². The molecule has 0 bridgehead atoms. The van der Waals surface area contributed by atoms with Gasteiger partial charge < -0.3 is 15.5 Å². The van der Waals surface area contributed by atoms with Crippen LogP contribution in [0.2, 0.25) is 0 Å². The third kappa shape index (κ3) is 4.00. The molecule has 4 heterocycles. The predicted molar refractivity (Wildman–Crippen MR) is 138 cm³/mol. The van der Waals surface area contributed by atoms with Crippen molar-refractivity contribution in [1.29, 1.82) is 0 Å². The number of piperazine rings is 1. The maximum absolute atomic E-state index is 11.9. The van der Waals surface area contributed by atoms with E-state index in [9.17, 15) is 4.79 Å². The first kappa shape index (κ1) is 21.6. The van der Waals surface area contributed by atoms with Crippen LogP contribution in [-0.2, 0) is 6.54 Å². The Morgan fingerprint density at radius 3 is 2.57 bits per heavy atom. The third-order valence-electron chi connectivity index (χ3n) is 7.05. The van der Waals surface area contributed by atoms with E-state index >= 15 is 0 Å². The number of carbonyl (C=O) groups is 1. The van der Waals surface area contributed by atoms with E-state index in [1.54, 1.807) is 6.20 Å². The summed E-state index contributed by atoms with van der Waals surface area (Å²) in [6, 6.07) is 17.0. The van der Waals surface area contributed by atoms with Crippen molar-refractivity contribution in [3.8, 4) is 11.3 Å². The van der Waals surface area contributed by atoms with Gasteiger partial charge in [0.2, 0.25) is 0 Å². The van der Waals surface area contributed by atoms with E-state index in [0.717, 1.165) is 65.6 Å². The van der Waals surface area contributed by atoms with E-state index in [-0.39, 0.29) is 5.91 Å². The van der Waals surface area contributed by atoms with Gasteiger partial charge in [-0.05, 0) is 61.9 Å². The van der Waals surface area contributed by atoms with Gasteiger partial charge in [-0.25, -0.2) is 9.50 Å². The summed E-state index contributed by atoms with van der Waals surface area (Å²) in [5, 5.41) is 10.9. The van der Waals surface area contributed by atoms with Crippen molar-refractivity contribution in [2.75, 3.05) is 36.4 Å². The first-order valence-corrected chi connectivity index (χ1v) is 12.2. The third-order valence-corrected chi connectivity index (χ3v) is 7.05. The zero-order valence-corrected chi connectivity index (χ0v) is 20.0. The van der Waals surface area contributed by atoms with Crippen molar-refractivity contribution in [3.05, 3.63) is 72.1 Å². The number of nitrogens with zero attached hydrogens (tertiary/aromatic N) is 5. The fourth-order valence-corrected chi connectivity index (χ4v) is 4.99. The standard InChI is InChI=1S/C27H29N7O/c1-18(2)32-11-13-33(14-12-32)22-6-4-21(5-7-22)31-26-24-9-10-30-34(24)25(17-28-26)19-3-8-23-20(15-19)16-29-27(23)35/h3-10,15,17-18H,11-14,16H2,1-2H3,(H,28,31)(H,29,35). The molecule has 2 N–H and O–H groups in total. The minimum absolute atomic E-state index is 0.0164. The number of aromatic nitrogens is 3. The van der Waals surface area contributed by atoms with Crippen LogP contribution in [0.4, 0.5) is 17.2 Å². The Morgan fingerprint density at radius 2 is 1.80 bits per heavy atom. The molecule has 0 unspecified atom stereocenters. The Kier molecular flexibility index (Phi) is 5.37. The summed E-state index contributed by atoms with van der Waals surface area (Å²) in [5.41, 5.74) is 6.73. The van der Waals surface area contributed by atoms with E-state index in [1.807, 2.05) is 35.0 Å². The number of nitrogens with one attached hydrogen (secondary N) is 2. The Hall–Kier alpha value is -3.91. The number of carbonyl (C=O) groups excluding carboxylic acids is 1. The monoisotopic (exact) mass is 467 g/mol. The number of hydrogen-bond donors (Lipinski definition) is 2. The molecular formula is C27H29N7O. The van der Waals surface area contributed by atoms with Crippen LogP contribution in [0.1, 0.15) is 29.8 Å². The van der Waals surface area contributed by atoms with Gasteiger partial charge in [0.1, 0.15) is 5.52 Å². The van der Waals surface area contributed by atoms with Crippen LogP contribution in [0, 0.1) is 0 Å². The molecule has 6 rings (SSSR count). The fourth-order valence-electron chi connectivity index (χ4n) is 4.99. The van der Waals surface area contributed by atoms with E-state index < -0.39 is 0 Å². The van der Waals surface area contributed by atoms with Crippen molar-refractivity contribution in [2.24, 2.45) is 0 Å². The second kappa shape index (κ2) is 8.70. The van der Waals surface area contributed by atoms with E-state index in [1.165, 1.54) is 5.69 Å². The van der Waals surface area contributed by atoms with Crippen LogP contribution in [-0.4, -0.2) is 57.6 Å². The Bertz CT molecular complexity index is 1380. The maximum atomic E-state index is 11.9. The summed E-state index contributed by atoms with van der Waals surface area (Å²) in [5.74, 6) is 0.736. The number of amides is 1. The molecule has 0 saturated carbocycles. The second-order valence-electron chi connectivity index (χ2n) is 9.46. The van der Waals surface area contributed by atoms with Crippen LogP contribution in [0.15, 0.2) is 60.9 Å². The van der Waals surface area contributed by atoms with E-state index in [4.69, 9.17) is 4.98 Å². The van der Waals surface area contributed by atoms with Crippen LogP contribution < -0.4 is 15.5 Å². The lowest BCUT2D eigenvalue weighted by Crippen LogP contribution is -2.48. The van der Waals surface area contributed by atoms with Gasteiger partial charge in [-0.2, -0.15) is 5.10 Å². The summed E-state index contributed by atoms with van der Waals surface area (Å²) in [6.45, 7) is 9.39. The van der Waals surface area contributed by atoms with Crippen molar-refractivity contribution >= 4 is 28.6 Å². The molecule has 2 aromatic carbocycles. The van der Waals surface area contributed by atoms with Gasteiger partial charge in [0.25, 0.3) is 5.91 Å². The number of benzene rings is 2. The smallest absolute Gasteiger partial charge is 0.251 e. The highest BCUT2D eigenvalue weighted by molar-refractivity contribution is 5.98. The number of anilines is 3. The quantitative estimate of drug-likeness (QED) is 0.463. The van der Waals surface area contributed by atoms with Crippen molar-refractivity contribution in [2.45, 2.75) is 26.4 Å². The van der Waals surface area contributed by atoms with Gasteiger partial charge >= 0.3 is 0 Å². The molecule has 35 heavy (non-hydrogen) atoms. The fraction of sp³-hybridized carbons (Fsp3) is 0.296. The highest BCUT2D eigenvalue weighted by Gasteiger charge is 2.21. The van der Waals surface area contributed by atoms with Crippen LogP contribution in [0.3, 0.4) is 0 Å². The van der Waals surface area contributed by atoms with E-state index in [2.05, 4.69) is 63.6 Å². The zero-order valence-electron chi connectivity index (χ0n) is 20.0. The van der Waals surface area contributed by atoms with Gasteiger partial charge in [0.05, 0.1) is 18.1 Å². The molecule has 8 heteroatoms. The molecule has 0 aliphatic carbocycles. The molecule has 2 aromatic heterocycles. The van der Waals surface area contributed by atoms with E-state index in [0.29, 0.717) is 12.6 Å². The van der Waals surface area contributed by atoms with Crippen molar-refractivity contribution < 1.29 is 4.79 Å². The topological polar surface area (TPSA) is 77.8 Å². The number of hydrogen-bond acceptors (Lipinski definition) is 6. The predicted octanol–water partition coefficient (Wildman–Crippen LogP) is 3.91. The molecule has 1 amide bonds. The lowest BCUT2D eigenvalue weighted by molar-refractivity contribution is 0.0965. The van der Waals surface area contributed by atoms with Crippen molar-refractivity contribution in [3.63, 3.8) is 0 Å². The van der Waals surface area contributed by atoms with Gasteiger partial charge in [-0.15, -0.1) is 0 Å². The number of fused-ring (bicyclic) bond motifs is 2. The molecule has 2 aliphatic rings. The van der Waals surface area contributed by atoms with Gasteiger partial charge in [0, 0.05) is 61.3 Å². The van der Waals surface area contributed by atoms with Gasteiger partial charge in [0.15, 0.2) is 5.82 Å². The lowest BCUT2D eigenvalue weighted by atomic mass is 10.0. The Labute approximate surface area is 204 Å². The first-order chi connectivity index (χ1) is 17.1. The molecule has 4 aromatic rings. The average molecular weight is 468 g/mol. The molecule has 2 aliphatic heterocycles. The summed E-state index contributed by atoms with van der Waals surface area (Å²) >= 11 is 0. The zero-order chi connectivity index (χ0) is 23.9. The first-order valence-electron chi connectivity index (χ1n) is 12.2. The number of rotatable bonds is 5. The molecule has 1 fully saturated rings. The highest BCUT2D eigenvalue weighted by Crippen LogP contribution is 2.29. The Morgan fingerprint density at radius 1 is 1.00 bits per heavy atom. The normalized spacial score (nSPS) is 16.1.